The second-order valence-corrected chi connectivity index (χ2v) is 4.81. The van der Waals surface area contributed by atoms with Crippen molar-refractivity contribution in [1.29, 1.82) is 0 Å². The molecule has 0 aromatic rings. The minimum absolute atomic E-state index is 0.133. The van der Waals surface area contributed by atoms with E-state index in [1.54, 1.807) is 6.92 Å². The van der Waals surface area contributed by atoms with Gasteiger partial charge >= 0.3 is 0 Å². The maximum atomic E-state index is 11.1. The Morgan fingerprint density at radius 3 is 2.17 bits per heavy atom. The monoisotopic (exact) mass is 255 g/mol. The molecule has 0 bridgehead atoms. The van der Waals surface area contributed by atoms with Crippen molar-refractivity contribution in [1.82, 2.24) is 5.32 Å². The highest BCUT2D eigenvalue weighted by Crippen LogP contribution is 2.08. The van der Waals surface area contributed by atoms with Gasteiger partial charge in [-0.3, -0.25) is 4.79 Å². The molecule has 1 amide bonds. The summed E-state index contributed by atoms with van der Waals surface area (Å²) in [6.07, 6.45) is 10.4. The third-order valence-electron chi connectivity index (χ3n) is 2.86. The molecule has 18 heavy (non-hydrogen) atoms. The summed E-state index contributed by atoms with van der Waals surface area (Å²) in [6.45, 7) is 8.51. The lowest BCUT2D eigenvalue weighted by Gasteiger charge is -2.06. The number of carbonyl (C=O) groups is 1. The fourth-order valence-corrected chi connectivity index (χ4v) is 1.68. The minimum atomic E-state index is -0.133. The molecule has 0 atom stereocenters. The van der Waals surface area contributed by atoms with Crippen molar-refractivity contribution in [3.8, 4) is 0 Å². The van der Waals surface area contributed by atoms with Gasteiger partial charge in [-0.2, -0.15) is 0 Å². The Bertz CT molecular complexity index is 227. The van der Waals surface area contributed by atoms with Gasteiger partial charge in [0.05, 0.1) is 0 Å². The minimum Gasteiger partial charge on any atom is -0.361 e. The van der Waals surface area contributed by atoms with E-state index in [2.05, 4.69) is 18.8 Å². The molecule has 0 rings (SSSR count). The summed E-state index contributed by atoms with van der Waals surface area (Å²) in [5.74, 6) is -0.133. The summed E-state index contributed by atoms with van der Waals surface area (Å²) >= 11 is 0. The quantitative estimate of drug-likeness (QED) is 0.327. The lowest BCUT2D eigenvalue weighted by atomic mass is 10.1. The molecule has 0 heterocycles. The van der Waals surface area contributed by atoms with Crippen LogP contribution in [0, 0.1) is 0 Å². The van der Waals surface area contributed by atoms with Gasteiger partial charge in [0.1, 0.15) is 6.73 Å². The first-order valence-electron chi connectivity index (χ1n) is 7.20. The highest BCUT2D eigenvalue weighted by molar-refractivity contribution is 5.91. The Morgan fingerprint density at radius 1 is 1.06 bits per heavy atom. The zero-order valence-electron chi connectivity index (χ0n) is 12.1. The number of unbranched alkanes of at least 4 members (excludes halogenated alkanes) is 7. The zero-order chi connectivity index (χ0) is 13.6. The molecule has 0 aromatic heterocycles. The van der Waals surface area contributed by atoms with E-state index in [9.17, 15) is 4.79 Å². The van der Waals surface area contributed by atoms with Gasteiger partial charge in [0.15, 0.2) is 0 Å². The van der Waals surface area contributed by atoms with Gasteiger partial charge < -0.3 is 10.1 Å². The third-order valence-corrected chi connectivity index (χ3v) is 2.86. The topological polar surface area (TPSA) is 38.3 Å². The summed E-state index contributed by atoms with van der Waals surface area (Å²) in [5, 5.41) is 2.65. The third kappa shape index (κ3) is 11.6. The van der Waals surface area contributed by atoms with Crippen LogP contribution < -0.4 is 5.32 Å². The highest BCUT2D eigenvalue weighted by Gasteiger charge is 1.99. The van der Waals surface area contributed by atoms with Gasteiger partial charge in [-0.1, -0.05) is 58.4 Å². The first kappa shape index (κ1) is 17.2. The fourth-order valence-electron chi connectivity index (χ4n) is 1.68. The van der Waals surface area contributed by atoms with E-state index in [0.717, 1.165) is 13.0 Å². The SMILES string of the molecule is C=C(C)C(=O)NCOCCCCCCCCCC. The average molecular weight is 255 g/mol. The molecule has 1 N–H and O–H groups in total. The Labute approximate surface area is 112 Å². The average Bonchev–Trinajstić information content (AvgIpc) is 2.35. The molecule has 3 heteroatoms. The first-order valence-corrected chi connectivity index (χ1v) is 7.20. The number of nitrogens with one attached hydrogen (secondary N) is 1. The molecule has 0 aliphatic carbocycles. The van der Waals surface area contributed by atoms with Crippen molar-refractivity contribution >= 4 is 5.91 Å². The molecule has 0 saturated carbocycles. The Balaban J connectivity index is 3.07. The summed E-state index contributed by atoms with van der Waals surface area (Å²) in [4.78, 5) is 11.1. The van der Waals surface area contributed by atoms with Crippen LogP contribution in [-0.4, -0.2) is 19.2 Å². The lowest BCUT2D eigenvalue weighted by molar-refractivity contribution is -0.119. The normalized spacial score (nSPS) is 10.3. The first-order chi connectivity index (χ1) is 8.68. The Kier molecular flexibility index (Phi) is 12.0. The molecule has 3 nitrogen and oxygen atoms in total. The van der Waals surface area contributed by atoms with E-state index in [4.69, 9.17) is 4.74 Å². The largest absolute Gasteiger partial charge is 0.361 e. The summed E-state index contributed by atoms with van der Waals surface area (Å²) in [5.41, 5.74) is 0.519. The molecule has 106 valence electrons. The van der Waals surface area contributed by atoms with Crippen LogP contribution >= 0.6 is 0 Å². The molecule has 0 unspecified atom stereocenters. The number of hydrogen-bond acceptors (Lipinski definition) is 2. The van der Waals surface area contributed by atoms with E-state index >= 15 is 0 Å². The van der Waals surface area contributed by atoms with Gasteiger partial charge in [0, 0.05) is 12.2 Å². The molecule has 0 spiro atoms. The molecular formula is C15H29NO2. The molecule has 0 aromatic carbocycles. The number of hydrogen-bond donors (Lipinski definition) is 1. The molecule has 0 fully saturated rings. The van der Waals surface area contributed by atoms with Crippen LogP contribution in [0.25, 0.3) is 0 Å². The predicted octanol–water partition coefficient (Wildman–Crippen LogP) is 3.79. The lowest BCUT2D eigenvalue weighted by Crippen LogP contribution is -2.26. The predicted molar refractivity (Wildman–Crippen MR) is 76.4 cm³/mol. The second-order valence-electron chi connectivity index (χ2n) is 4.81. The molecular weight excluding hydrogens is 226 g/mol. The molecule has 0 saturated heterocycles. The van der Waals surface area contributed by atoms with Crippen molar-refractivity contribution in [3.63, 3.8) is 0 Å². The molecule has 0 aliphatic heterocycles. The molecule has 0 aliphatic rings. The Morgan fingerprint density at radius 2 is 1.61 bits per heavy atom. The fraction of sp³-hybridized carbons (Fsp3) is 0.800. The van der Waals surface area contributed by atoms with E-state index in [0.29, 0.717) is 12.3 Å². The van der Waals surface area contributed by atoms with Crippen LogP contribution in [0.3, 0.4) is 0 Å². The van der Waals surface area contributed by atoms with Crippen molar-refractivity contribution in [2.45, 2.75) is 65.2 Å². The van der Waals surface area contributed by atoms with Gasteiger partial charge in [-0.05, 0) is 13.3 Å². The summed E-state index contributed by atoms with van der Waals surface area (Å²) in [7, 11) is 0. The van der Waals surface area contributed by atoms with Crippen molar-refractivity contribution in [3.05, 3.63) is 12.2 Å². The highest BCUT2D eigenvalue weighted by atomic mass is 16.5. The standard InChI is InChI=1S/C15H29NO2/c1-4-5-6-7-8-9-10-11-12-18-13-16-15(17)14(2)3/h2,4-13H2,1,3H3,(H,16,17). The van der Waals surface area contributed by atoms with E-state index in [1.807, 2.05) is 0 Å². The van der Waals surface area contributed by atoms with Crippen LogP contribution in [0.1, 0.15) is 65.2 Å². The van der Waals surface area contributed by atoms with Crippen LogP contribution in [0.2, 0.25) is 0 Å². The summed E-state index contributed by atoms with van der Waals surface area (Å²) in [6, 6.07) is 0. The number of ether oxygens (including phenoxy) is 1. The van der Waals surface area contributed by atoms with Gasteiger partial charge in [0.25, 0.3) is 0 Å². The number of carbonyl (C=O) groups excluding carboxylic acids is 1. The van der Waals surface area contributed by atoms with Crippen molar-refractivity contribution < 1.29 is 9.53 Å². The maximum Gasteiger partial charge on any atom is 0.248 e. The van der Waals surface area contributed by atoms with Gasteiger partial charge in [-0.15, -0.1) is 0 Å². The summed E-state index contributed by atoms with van der Waals surface area (Å²) < 4.78 is 5.33. The zero-order valence-corrected chi connectivity index (χ0v) is 12.1. The van der Waals surface area contributed by atoms with E-state index in [1.165, 1.54) is 44.9 Å². The van der Waals surface area contributed by atoms with Gasteiger partial charge in [-0.25, -0.2) is 0 Å². The number of rotatable bonds is 12. The van der Waals surface area contributed by atoms with Crippen LogP contribution in [0.4, 0.5) is 0 Å². The van der Waals surface area contributed by atoms with Crippen LogP contribution in [0.15, 0.2) is 12.2 Å². The van der Waals surface area contributed by atoms with Crippen molar-refractivity contribution in [2.75, 3.05) is 13.3 Å². The Hall–Kier alpha value is -0.830. The van der Waals surface area contributed by atoms with Crippen LogP contribution in [-0.2, 0) is 9.53 Å². The van der Waals surface area contributed by atoms with Crippen molar-refractivity contribution in [2.24, 2.45) is 0 Å². The maximum absolute atomic E-state index is 11.1. The van der Waals surface area contributed by atoms with Gasteiger partial charge in [0.2, 0.25) is 5.91 Å². The van der Waals surface area contributed by atoms with E-state index < -0.39 is 0 Å². The van der Waals surface area contributed by atoms with E-state index in [-0.39, 0.29) is 5.91 Å². The smallest absolute Gasteiger partial charge is 0.248 e. The molecule has 0 radical (unpaired) electrons. The second kappa shape index (κ2) is 12.6. The van der Waals surface area contributed by atoms with Crippen LogP contribution in [0.5, 0.6) is 0 Å². The number of amides is 1.